The monoisotopic (exact) mass is 260 g/mol. The number of carbonyl (C=O) groups is 1. The van der Waals surface area contributed by atoms with Crippen molar-refractivity contribution in [3.63, 3.8) is 0 Å². The van der Waals surface area contributed by atoms with Gasteiger partial charge in [0.25, 0.3) is 5.91 Å². The molecule has 0 aromatic heterocycles. The van der Waals surface area contributed by atoms with E-state index in [1.165, 1.54) is 0 Å². The number of hydrogen-bond donors (Lipinski definition) is 2. The van der Waals surface area contributed by atoms with Crippen LogP contribution in [0.25, 0.3) is 0 Å². The van der Waals surface area contributed by atoms with Gasteiger partial charge >= 0.3 is 0 Å². The molecule has 0 radical (unpaired) electrons. The second kappa shape index (κ2) is 5.10. The van der Waals surface area contributed by atoms with E-state index >= 15 is 0 Å². The van der Waals surface area contributed by atoms with E-state index in [0.717, 1.165) is 5.56 Å². The van der Waals surface area contributed by atoms with Crippen molar-refractivity contribution in [1.29, 1.82) is 0 Å². The Bertz CT molecular complexity index is 596. The first-order chi connectivity index (χ1) is 8.59. The summed E-state index contributed by atoms with van der Waals surface area (Å²) in [5.41, 5.74) is 8.27. The fourth-order valence-electron chi connectivity index (χ4n) is 1.63. The molecule has 0 saturated heterocycles. The Balaban J connectivity index is 2.28. The standard InChI is InChI=1S/C14H13ClN2O/c1-9-5-4-6-10(13(9)16)14(18)17-12-8-3-2-7-11(12)15/h2-8H,16H2,1H3,(H,17,18). The fourth-order valence-corrected chi connectivity index (χ4v) is 1.81. The Morgan fingerprint density at radius 3 is 2.61 bits per heavy atom. The minimum absolute atomic E-state index is 0.260. The number of halogens is 1. The Morgan fingerprint density at radius 2 is 1.89 bits per heavy atom. The van der Waals surface area contributed by atoms with E-state index in [9.17, 15) is 4.79 Å². The van der Waals surface area contributed by atoms with Crippen LogP contribution in [-0.4, -0.2) is 5.91 Å². The average molecular weight is 261 g/mol. The minimum atomic E-state index is -0.260. The van der Waals surface area contributed by atoms with Gasteiger partial charge in [-0.15, -0.1) is 0 Å². The maximum atomic E-state index is 12.1. The van der Waals surface area contributed by atoms with Crippen molar-refractivity contribution >= 4 is 28.9 Å². The summed E-state index contributed by atoms with van der Waals surface area (Å²) in [6.07, 6.45) is 0. The third-order valence-corrected chi connectivity index (χ3v) is 3.02. The highest BCUT2D eigenvalue weighted by Crippen LogP contribution is 2.23. The highest BCUT2D eigenvalue weighted by molar-refractivity contribution is 6.34. The second-order valence-electron chi connectivity index (χ2n) is 3.97. The van der Waals surface area contributed by atoms with Crippen LogP contribution in [0.15, 0.2) is 42.5 Å². The number of anilines is 2. The highest BCUT2D eigenvalue weighted by Gasteiger charge is 2.12. The highest BCUT2D eigenvalue weighted by atomic mass is 35.5. The molecule has 1 amide bonds. The first-order valence-electron chi connectivity index (χ1n) is 5.50. The largest absolute Gasteiger partial charge is 0.398 e. The Labute approximate surface area is 111 Å². The Kier molecular flexibility index (Phi) is 3.53. The molecule has 4 heteroatoms. The van der Waals surface area contributed by atoms with E-state index in [1.54, 1.807) is 36.4 Å². The number of aryl methyl sites for hydroxylation is 1. The summed E-state index contributed by atoms with van der Waals surface area (Å²) in [5, 5.41) is 3.24. The lowest BCUT2D eigenvalue weighted by molar-refractivity contribution is 0.102. The number of rotatable bonds is 2. The maximum Gasteiger partial charge on any atom is 0.257 e. The molecule has 3 nitrogen and oxygen atoms in total. The lowest BCUT2D eigenvalue weighted by atomic mass is 10.1. The zero-order valence-corrected chi connectivity index (χ0v) is 10.7. The van der Waals surface area contributed by atoms with Crippen LogP contribution in [0.5, 0.6) is 0 Å². The number of nitrogens with one attached hydrogen (secondary N) is 1. The fraction of sp³-hybridized carbons (Fsp3) is 0.0714. The number of carbonyl (C=O) groups excluding carboxylic acids is 1. The molecule has 0 unspecified atom stereocenters. The maximum absolute atomic E-state index is 12.1. The van der Waals surface area contributed by atoms with Gasteiger partial charge in [0, 0.05) is 5.69 Å². The Hall–Kier alpha value is -2.00. The minimum Gasteiger partial charge on any atom is -0.398 e. The van der Waals surface area contributed by atoms with E-state index in [0.29, 0.717) is 22.0 Å². The van der Waals surface area contributed by atoms with Crippen molar-refractivity contribution in [3.8, 4) is 0 Å². The van der Waals surface area contributed by atoms with Gasteiger partial charge in [0.2, 0.25) is 0 Å². The molecule has 2 rings (SSSR count). The van der Waals surface area contributed by atoms with E-state index in [-0.39, 0.29) is 5.91 Å². The third kappa shape index (κ3) is 2.46. The second-order valence-corrected chi connectivity index (χ2v) is 4.38. The van der Waals surface area contributed by atoms with E-state index in [1.807, 2.05) is 13.0 Å². The van der Waals surface area contributed by atoms with Gasteiger partial charge in [0.05, 0.1) is 16.3 Å². The molecular weight excluding hydrogens is 248 g/mol. The summed E-state index contributed by atoms with van der Waals surface area (Å²) in [7, 11) is 0. The summed E-state index contributed by atoms with van der Waals surface area (Å²) < 4.78 is 0. The van der Waals surface area contributed by atoms with Gasteiger partial charge in [-0.25, -0.2) is 0 Å². The van der Waals surface area contributed by atoms with Crippen LogP contribution >= 0.6 is 11.6 Å². The van der Waals surface area contributed by atoms with Gasteiger partial charge in [-0.2, -0.15) is 0 Å². The van der Waals surface area contributed by atoms with Gasteiger partial charge in [-0.3, -0.25) is 4.79 Å². The molecule has 0 bridgehead atoms. The van der Waals surface area contributed by atoms with Crippen LogP contribution in [0.3, 0.4) is 0 Å². The number of para-hydroxylation sites is 2. The van der Waals surface area contributed by atoms with Crippen molar-refractivity contribution in [2.75, 3.05) is 11.1 Å². The third-order valence-electron chi connectivity index (χ3n) is 2.69. The molecule has 18 heavy (non-hydrogen) atoms. The van der Waals surface area contributed by atoms with Crippen molar-refractivity contribution < 1.29 is 4.79 Å². The summed E-state index contributed by atoms with van der Waals surface area (Å²) in [4.78, 5) is 12.1. The topological polar surface area (TPSA) is 55.1 Å². The molecule has 3 N–H and O–H groups in total. The molecule has 0 aliphatic heterocycles. The molecule has 0 aliphatic carbocycles. The SMILES string of the molecule is Cc1cccc(C(=O)Nc2ccccc2Cl)c1N. The van der Waals surface area contributed by atoms with Gasteiger partial charge < -0.3 is 11.1 Å². The molecule has 0 aliphatic rings. The van der Waals surface area contributed by atoms with Crippen molar-refractivity contribution in [1.82, 2.24) is 0 Å². The first-order valence-corrected chi connectivity index (χ1v) is 5.88. The molecular formula is C14H13ClN2O. The average Bonchev–Trinajstić information content (AvgIpc) is 2.35. The normalized spacial score (nSPS) is 10.1. The van der Waals surface area contributed by atoms with Gasteiger partial charge in [-0.05, 0) is 30.7 Å². The zero-order valence-electron chi connectivity index (χ0n) is 9.91. The predicted molar refractivity (Wildman–Crippen MR) is 75.0 cm³/mol. The van der Waals surface area contributed by atoms with Crippen molar-refractivity contribution in [2.24, 2.45) is 0 Å². The number of nitrogens with two attached hydrogens (primary N) is 1. The molecule has 0 atom stereocenters. The molecule has 0 fully saturated rings. The van der Waals surface area contributed by atoms with Gasteiger partial charge in [-0.1, -0.05) is 35.9 Å². The summed E-state index contributed by atoms with van der Waals surface area (Å²) >= 11 is 5.98. The van der Waals surface area contributed by atoms with Crippen LogP contribution in [-0.2, 0) is 0 Å². The van der Waals surface area contributed by atoms with Crippen LogP contribution in [0.2, 0.25) is 5.02 Å². The molecule has 0 spiro atoms. The summed E-state index contributed by atoms with van der Waals surface area (Å²) in [6, 6.07) is 12.4. The zero-order chi connectivity index (χ0) is 13.1. The molecule has 0 heterocycles. The number of benzene rings is 2. The van der Waals surface area contributed by atoms with Gasteiger partial charge in [0.1, 0.15) is 0 Å². The first kappa shape index (κ1) is 12.5. The number of nitrogen functional groups attached to an aromatic ring is 1. The smallest absolute Gasteiger partial charge is 0.257 e. The van der Waals surface area contributed by atoms with E-state index in [2.05, 4.69) is 5.32 Å². The van der Waals surface area contributed by atoms with E-state index < -0.39 is 0 Å². The molecule has 2 aromatic carbocycles. The van der Waals surface area contributed by atoms with Crippen molar-refractivity contribution in [2.45, 2.75) is 6.92 Å². The predicted octanol–water partition coefficient (Wildman–Crippen LogP) is 3.48. The van der Waals surface area contributed by atoms with E-state index in [4.69, 9.17) is 17.3 Å². The van der Waals surface area contributed by atoms with Crippen molar-refractivity contribution in [3.05, 3.63) is 58.6 Å². The molecule has 2 aromatic rings. The summed E-state index contributed by atoms with van der Waals surface area (Å²) in [5.74, 6) is -0.260. The lowest BCUT2D eigenvalue weighted by Gasteiger charge is -2.10. The quantitative estimate of drug-likeness (QED) is 0.812. The summed E-state index contributed by atoms with van der Waals surface area (Å²) in [6.45, 7) is 1.86. The van der Waals surface area contributed by atoms with Crippen LogP contribution in [0.1, 0.15) is 15.9 Å². The van der Waals surface area contributed by atoms with Crippen LogP contribution in [0, 0.1) is 6.92 Å². The Morgan fingerprint density at radius 1 is 1.17 bits per heavy atom. The molecule has 0 saturated carbocycles. The lowest BCUT2D eigenvalue weighted by Crippen LogP contribution is -2.14. The number of amides is 1. The van der Waals surface area contributed by atoms with Crippen LogP contribution in [0.4, 0.5) is 11.4 Å². The molecule has 92 valence electrons. The number of hydrogen-bond acceptors (Lipinski definition) is 2. The van der Waals surface area contributed by atoms with Crippen LogP contribution < -0.4 is 11.1 Å². The van der Waals surface area contributed by atoms with Gasteiger partial charge in [0.15, 0.2) is 0 Å².